The average molecular weight is 198 g/mol. The topological polar surface area (TPSA) is 0 Å². The molecule has 4 heteroatoms. The summed E-state index contributed by atoms with van der Waals surface area (Å²) in [4.78, 5) is 0. The number of rotatable bonds is 3. The van der Waals surface area contributed by atoms with E-state index in [2.05, 4.69) is 0 Å². The first kappa shape index (κ1) is 10.8. The van der Waals surface area contributed by atoms with Gasteiger partial charge in [0.15, 0.2) is 0 Å². The molecule has 0 N–H and O–H groups in total. The fourth-order valence-electron chi connectivity index (χ4n) is 1.94. The molecule has 0 spiro atoms. The fourth-order valence-corrected chi connectivity index (χ4v) is 1.94. The zero-order valence-corrected chi connectivity index (χ0v) is 7.79. The van der Waals surface area contributed by atoms with Gasteiger partial charge in [-0.1, -0.05) is 13.8 Å². The molecule has 0 bridgehead atoms. The Morgan fingerprint density at radius 2 is 2.00 bits per heavy atom. The fraction of sp³-hybridized carbons (Fsp3) is 1.00. The summed E-state index contributed by atoms with van der Waals surface area (Å²) in [5.41, 5.74) is -0.704. The zero-order valence-electron chi connectivity index (χ0n) is 7.79. The van der Waals surface area contributed by atoms with Crippen molar-refractivity contribution in [2.24, 2.45) is 17.3 Å². The molecule has 3 atom stereocenters. The number of hydrogen-bond donors (Lipinski definition) is 0. The molecule has 0 heterocycles. The SMILES string of the molecule is CC(C(F)(F)F)C1(C)CC1CCF. The Balaban J connectivity index is 2.55. The monoisotopic (exact) mass is 198 g/mol. The first-order chi connectivity index (χ1) is 5.82. The summed E-state index contributed by atoms with van der Waals surface area (Å²) in [5.74, 6) is -1.38. The maximum atomic E-state index is 12.3. The molecule has 0 aromatic carbocycles. The van der Waals surface area contributed by atoms with E-state index in [4.69, 9.17) is 0 Å². The van der Waals surface area contributed by atoms with Crippen molar-refractivity contribution in [2.75, 3.05) is 6.67 Å². The quantitative estimate of drug-likeness (QED) is 0.608. The van der Waals surface area contributed by atoms with Crippen molar-refractivity contribution in [1.82, 2.24) is 0 Å². The normalized spacial score (nSPS) is 36.0. The van der Waals surface area contributed by atoms with Gasteiger partial charge in [0.25, 0.3) is 0 Å². The molecule has 78 valence electrons. The van der Waals surface area contributed by atoms with Gasteiger partial charge in [-0.25, -0.2) is 0 Å². The van der Waals surface area contributed by atoms with Crippen molar-refractivity contribution >= 4 is 0 Å². The third-order valence-corrected chi connectivity index (χ3v) is 3.40. The van der Waals surface area contributed by atoms with E-state index in [9.17, 15) is 17.6 Å². The van der Waals surface area contributed by atoms with Gasteiger partial charge in [0.05, 0.1) is 12.6 Å². The Morgan fingerprint density at radius 3 is 2.38 bits per heavy atom. The number of halogens is 4. The third kappa shape index (κ3) is 1.97. The van der Waals surface area contributed by atoms with E-state index >= 15 is 0 Å². The van der Waals surface area contributed by atoms with Gasteiger partial charge in [0, 0.05) is 0 Å². The van der Waals surface area contributed by atoms with Gasteiger partial charge in [0.2, 0.25) is 0 Å². The van der Waals surface area contributed by atoms with E-state index in [1.54, 1.807) is 6.92 Å². The lowest BCUT2D eigenvalue weighted by Gasteiger charge is -2.23. The van der Waals surface area contributed by atoms with Crippen LogP contribution < -0.4 is 0 Å². The van der Waals surface area contributed by atoms with Crippen LogP contribution in [0.1, 0.15) is 26.7 Å². The highest BCUT2D eigenvalue weighted by Crippen LogP contribution is 2.62. The van der Waals surface area contributed by atoms with E-state index in [1.165, 1.54) is 6.92 Å². The van der Waals surface area contributed by atoms with Crippen LogP contribution in [-0.2, 0) is 0 Å². The summed E-state index contributed by atoms with van der Waals surface area (Å²) >= 11 is 0. The average Bonchev–Trinajstić information content (AvgIpc) is 2.61. The van der Waals surface area contributed by atoms with Gasteiger partial charge in [-0.3, -0.25) is 4.39 Å². The second kappa shape index (κ2) is 3.14. The van der Waals surface area contributed by atoms with Gasteiger partial charge in [-0.15, -0.1) is 0 Å². The maximum Gasteiger partial charge on any atom is 0.392 e. The lowest BCUT2D eigenvalue weighted by atomic mass is 9.89. The van der Waals surface area contributed by atoms with Crippen LogP contribution in [0, 0.1) is 17.3 Å². The Hall–Kier alpha value is -0.280. The number of hydrogen-bond acceptors (Lipinski definition) is 0. The van der Waals surface area contributed by atoms with Crippen LogP contribution >= 0.6 is 0 Å². The summed E-state index contributed by atoms with van der Waals surface area (Å²) in [6.07, 6.45) is -3.35. The van der Waals surface area contributed by atoms with E-state index in [-0.39, 0.29) is 12.3 Å². The smallest absolute Gasteiger partial charge is 0.251 e. The molecule has 0 radical (unpaired) electrons. The highest BCUT2D eigenvalue weighted by molar-refractivity contribution is 5.03. The molecule has 1 rings (SSSR count). The van der Waals surface area contributed by atoms with Crippen LogP contribution in [0.15, 0.2) is 0 Å². The molecule has 0 aromatic heterocycles. The van der Waals surface area contributed by atoms with Gasteiger partial charge in [-0.2, -0.15) is 13.2 Å². The zero-order chi connectivity index (χ0) is 10.3. The van der Waals surface area contributed by atoms with E-state index in [0.717, 1.165) is 0 Å². The van der Waals surface area contributed by atoms with E-state index in [0.29, 0.717) is 6.42 Å². The summed E-state index contributed by atoms with van der Waals surface area (Å²) < 4.78 is 48.8. The van der Waals surface area contributed by atoms with Gasteiger partial charge < -0.3 is 0 Å². The summed E-state index contributed by atoms with van der Waals surface area (Å²) in [6, 6.07) is 0. The predicted octanol–water partition coefficient (Wildman–Crippen LogP) is 3.57. The van der Waals surface area contributed by atoms with Crippen molar-refractivity contribution in [3.63, 3.8) is 0 Å². The Labute approximate surface area is 75.3 Å². The summed E-state index contributed by atoms with van der Waals surface area (Å²) in [5, 5.41) is 0. The predicted molar refractivity (Wildman–Crippen MR) is 42.0 cm³/mol. The van der Waals surface area contributed by atoms with Gasteiger partial charge in [0.1, 0.15) is 0 Å². The van der Waals surface area contributed by atoms with Crippen LogP contribution in [0.25, 0.3) is 0 Å². The minimum atomic E-state index is -4.14. The van der Waals surface area contributed by atoms with Gasteiger partial charge >= 0.3 is 6.18 Å². The summed E-state index contributed by atoms with van der Waals surface area (Å²) in [6.45, 7) is 2.29. The molecule has 0 saturated heterocycles. The molecule has 1 aliphatic rings. The molecular formula is C9H14F4. The first-order valence-corrected chi connectivity index (χ1v) is 4.45. The molecule has 1 fully saturated rings. The molecular weight excluding hydrogens is 184 g/mol. The Bertz CT molecular complexity index is 187. The molecule has 13 heavy (non-hydrogen) atoms. The molecule has 0 nitrogen and oxygen atoms in total. The molecule has 0 amide bonds. The van der Waals surface area contributed by atoms with E-state index < -0.39 is 24.2 Å². The van der Waals surface area contributed by atoms with E-state index in [1.807, 2.05) is 0 Å². The minimum Gasteiger partial charge on any atom is -0.251 e. The van der Waals surface area contributed by atoms with Crippen LogP contribution in [-0.4, -0.2) is 12.9 Å². The van der Waals surface area contributed by atoms with Crippen LogP contribution in [0.4, 0.5) is 17.6 Å². The summed E-state index contributed by atoms with van der Waals surface area (Å²) in [7, 11) is 0. The van der Waals surface area contributed by atoms with Crippen molar-refractivity contribution in [3.8, 4) is 0 Å². The van der Waals surface area contributed by atoms with Crippen molar-refractivity contribution in [3.05, 3.63) is 0 Å². The highest BCUT2D eigenvalue weighted by atomic mass is 19.4. The Morgan fingerprint density at radius 1 is 1.46 bits per heavy atom. The standard InChI is InChI=1S/C9H14F4/c1-6(9(11,12)13)8(2)5-7(8)3-4-10/h6-7H,3-5H2,1-2H3. The molecule has 0 aromatic rings. The minimum absolute atomic E-state index is 0.0749. The second-order valence-electron chi connectivity index (χ2n) is 4.15. The van der Waals surface area contributed by atoms with Crippen molar-refractivity contribution in [2.45, 2.75) is 32.9 Å². The molecule has 0 aliphatic heterocycles. The molecule has 1 aliphatic carbocycles. The highest BCUT2D eigenvalue weighted by Gasteiger charge is 2.60. The largest absolute Gasteiger partial charge is 0.392 e. The van der Waals surface area contributed by atoms with Crippen LogP contribution in [0.3, 0.4) is 0 Å². The lowest BCUT2D eigenvalue weighted by molar-refractivity contribution is -0.187. The molecule has 1 saturated carbocycles. The third-order valence-electron chi connectivity index (χ3n) is 3.40. The Kier molecular flexibility index (Phi) is 2.61. The van der Waals surface area contributed by atoms with Gasteiger partial charge in [-0.05, 0) is 24.2 Å². The van der Waals surface area contributed by atoms with Crippen molar-refractivity contribution in [1.29, 1.82) is 0 Å². The molecule has 3 unspecified atom stereocenters. The van der Waals surface area contributed by atoms with Crippen LogP contribution in [0.2, 0.25) is 0 Å². The number of alkyl halides is 4. The second-order valence-corrected chi connectivity index (χ2v) is 4.15. The lowest BCUT2D eigenvalue weighted by Crippen LogP contribution is -2.28. The first-order valence-electron chi connectivity index (χ1n) is 4.45. The maximum absolute atomic E-state index is 12.3. The van der Waals surface area contributed by atoms with Crippen LogP contribution in [0.5, 0.6) is 0 Å². The van der Waals surface area contributed by atoms with Crippen molar-refractivity contribution < 1.29 is 17.6 Å².